The van der Waals surface area contributed by atoms with Crippen molar-refractivity contribution in [2.24, 2.45) is 12.8 Å². The van der Waals surface area contributed by atoms with Gasteiger partial charge in [-0.25, -0.2) is 9.97 Å². The summed E-state index contributed by atoms with van der Waals surface area (Å²) < 4.78 is 1.99. The van der Waals surface area contributed by atoms with Gasteiger partial charge in [0.25, 0.3) is 0 Å². The van der Waals surface area contributed by atoms with E-state index in [1.165, 1.54) is 16.0 Å². The molecule has 0 saturated carbocycles. The van der Waals surface area contributed by atoms with Crippen molar-refractivity contribution in [3.8, 4) is 10.6 Å². The van der Waals surface area contributed by atoms with Gasteiger partial charge in [0.1, 0.15) is 11.3 Å². The topological polar surface area (TPSA) is 81.7 Å². The lowest BCUT2D eigenvalue weighted by atomic mass is 10.1. The van der Waals surface area contributed by atoms with Gasteiger partial charge in [0, 0.05) is 37.3 Å². The Kier molecular flexibility index (Phi) is 4.87. The van der Waals surface area contributed by atoms with Crippen LogP contribution >= 0.6 is 11.3 Å². The summed E-state index contributed by atoms with van der Waals surface area (Å²) in [6, 6.07) is 8.37. The number of rotatable bonds is 6. The maximum Gasteiger partial charge on any atom is 0.128 e. The van der Waals surface area contributed by atoms with Crippen LogP contribution in [0.25, 0.3) is 21.6 Å². The maximum atomic E-state index is 5.72. The summed E-state index contributed by atoms with van der Waals surface area (Å²) in [7, 11) is 1.98. The van der Waals surface area contributed by atoms with Crippen LogP contribution < -0.4 is 11.1 Å². The van der Waals surface area contributed by atoms with Crippen LogP contribution in [0.3, 0.4) is 0 Å². The molecule has 0 spiro atoms. The lowest BCUT2D eigenvalue weighted by molar-refractivity contribution is 0.946. The number of anilines is 1. The van der Waals surface area contributed by atoms with Crippen LogP contribution in [0.2, 0.25) is 0 Å². The minimum atomic E-state index is 0.571. The zero-order chi connectivity index (χ0) is 18.8. The highest BCUT2D eigenvalue weighted by molar-refractivity contribution is 7.15. The van der Waals surface area contributed by atoms with Gasteiger partial charge in [-0.3, -0.25) is 4.98 Å². The first-order chi connectivity index (χ1) is 13.2. The third-order valence-corrected chi connectivity index (χ3v) is 5.78. The first-order valence-corrected chi connectivity index (χ1v) is 9.77. The number of fused-ring (bicyclic) bond motifs is 1. The second-order valence-electron chi connectivity index (χ2n) is 6.43. The minimum Gasteiger partial charge on any atom is -0.366 e. The van der Waals surface area contributed by atoms with Crippen molar-refractivity contribution < 1.29 is 0 Å². The van der Waals surface area contributed by atoms with E-state index in [0.29, 0.717) is 13.1 Å². The molecule has 0 aromatic carbocycles. The summed E-state index contributed by atoms with van der Waals surface area (Å²) in [6.07, 6.45) is 6.52. The quantitative estimate of drug-likeness (QED) is 0.534. The largest absolute Gasteiger partial charge is 0.366 e. The Labute approximate surface area is 162 Å². The molecule has 0 aliphatic carbocycles. The predicted molar refractivity (Wildman–Crippen MR) is 111 cm³/mol. The number of thiophene rings is 1. The summed E-state index contributed by atoms with van der Waals surface area (Å²) in [5.74, 6) is 0.836. The van der Waals surface area contributed by atoms with Crippen LogP contribution in [0, 0.1) is 0 Å². The van der Waals surface area contributed by atoms with Gasteiger partial charge in [-0.05, 0) is 35.7 Å². The second kappa shape index (κ2) is 7.46. The van der Waals surface area contributed by atoms with Gasteiger partial charge in [-0.15, -0.1) is 11.3 Å². The molecule has 0 bridgehead atoms. The number of pyridine rings is 2. The highest BCUT2D eigenvalue weighted by Gasteiger charge is 2.09. The van der Waals surface area contributed by atoms with E-state index < -0.39 is 0 Å². The van der Waals surface area contributed by atoms with Gasteiger partial charge in [0.05, 0.1) is 28.6 Å². The van der Waals surface area contributed by atoms with E-state index in [0.717, 1.165) is 33.8 Å². The van der Waals surface area contributed by atoms with E-state index in [-0.39, 0.29) is 0 Å². The zero-order valence-corrected chi connectivity index (χ0v) is 16.3. The van der Waals surface area contributed by atoms with E-state index in [9.17, 15) is 0 Å². The lowest BCUT2D eigenvalue weighted by Crippen LogP contribution is -2.05. The summed E-state index contributed by atoms with van der Waals surface area (Å²) in [6.45, 7) is 3.43. The molecule has 7 heteroatoms. The van der Waals surface area contributed by atoms with Gasteiger partial charge in [0.2, 0.25) is 0 Å². The van der Waals surface area contributed by atoms with Gasteiger partial charge in [-0.1, -0.05) is 6.92 Å². The molecule has 6 nitrogen and oxygen atoms in total. The van der Waals surface area contributed by atoms with E-state index in [2.05, 4.69) is 45.4 Å². The zero-order valence-electron chi connectivity index (χ0n) is 15.4. The normalized spacial score (nSPS) is 11.2. The standard InChI is InChI=1S/C20H22N6S/c1-3-13-6-16(19-5-4-15(8-21)27-19)22-9-14(13)10-23-20-7-18-17(11-24-20)25-12-26(18)2/h4-7,9,11-12H,3,8,10,21H2,1-2H3,(H,23,24). The molecule has 4 rings (SSSR count). The van der Waals surface area contributed by atoms with Crippen molar-refractivity contribution in [2.45, 2.75) is 26.4 Å². The Hall–Kier alpha value is -2.77. The molecule has 0 fully saturated rings. The molecule has 0 aliphatic heterocycles. The number of aryl methyl sites for hydroxylation is 2. The molecule has 138 valence electrons. The smallest absolute Gasteiger partial charge is 0.128 e. The Morgan fingerprint density at radius 1 is 1.11 bits per heavy atom. The molecule has 0 radical (unpaired) electrons. The fourth-order valence-corrected chi connectivity index (χ4v) is 3.94. The van der Waals surface area contributed by atoms with E-state index >= 15 is 0 Å². The van der Waals surface area contributed by atoms with Crippen molar-refractivity contribution in [1.29, 1.82) is 0 Å². The lowest BCUT2D eigenvalue weighted by Gasteiger charge is -2.11. The SMILES string of the molecule is CCc1cc(-c2ccc(CN)s2)ncc1CNc1cc2c(cn1)ncn2C. The molecular formula is C20H22N6S. The van der Waals surface area contributed by atoms with Crippen LogP contribution in [0.5, 0.6) is 0 Å². The fourth-order valence-electron chi connectivity index (χ4n) is 3.09. The van der Waals surface area contributed by atoms with Crippen molar-refractivity contribution in [3.05, 3.63) is 59.0 Å². The molecular weight excluding hydrogens is 356 g/mol. The van der Waals surface area contributed by atoms with Crippen LogP contribution in [0.1, 0.15) is 22.9 Å². The second-order valence-corrected chi connectivity index (χ2v) is 7.60. The molecule has 3 N–H and O–H groups in total. The number of nitrogens with one attached hydrogen (secondary N) is 1. The van der Waals surface area contributed by atoms with Crippen LogP contribution in [0.15, 0.2) is 43.0 Å². The number of aromatic nitrogens is 4. The Morgan fingerprint density at radius 2 is 2.00 bits per heavy atom. The first-order valence-electron chi connectivity index (χ1n) is 8.95. The minimum absolute atomic E-state index is 0.571. The molecule has 0 amide bonds. The molecule has 4 aromatic rings. The molecule has 4 aromatic heterocycles. The third kappa shape index (κ3) is 3.56. The van der Waals surface area contributed by atoms with Crippen molar-refractivity contribution in [3.63, 3.8) is 0 Å². The molecule has 0 unspecified atom stereocenters. The Morgan fingerprint density at radius 3 is 2.78 bits per heavy atom. The highest BCUT2D eigenvalue weighted by atomic mass is 32.1. The predicted octanol–water partition coefficient (Wildman–Crippen LogP) is 3.73. The number of hydrogen-bond donors (Lipinski definition) is 2. The van der Waals surface area contributed by atoms with Crippen molar-refractivity contribution >= 4 is 28.2 Å². The Bertz CT molecular complexity index is 1080. The summed E-state index contributed by atoms with van der Waals surface area (Å²) in [5.41, 5.74) is 11.2. The first kappa shape index (κ1) is 17.6. The third-order valence-electron chi connectivity index (χ3n) is 4.65. The van der Waals surface area contributed by atoms with Gasteiger partial charge < -0.3 is 15.6 Å². The van der Waals surface area contributed by atoms with Crippen LogP contribution in [-0.4, -0.2) is 19.5 Å². The summed E-state index contributed by atoms with van der Waals surface area (Å²) in [5, 5.41) is 3.41. The number of imidazole rings is 1. The van der Waals surface area contributed by atoms with Gasteiger partial charge >= 0.3 is 0 Å². The monoisotopic (exact) mass is 378 g/mol. The highest BCUT2D eigenvalue weighted by Crippen LogP contribution is 2.28. The van der Waals surface area contributed by atoms with Crippen LogP contribution in [0.4, 0.5) is 5.82 Å². The Balaban J connectivity index is 1.54. The van der Waals surface area contributed by atoms with E-state index in [1.807, 2.05) is 23.9 Å². The molecule has 4 heterocycles. The van der Waals surface area contributed by atoms with Crippen molar-refractivity contribution in [2.75, 3.05) is 5.32 Å². The number of nitrogens with two attached hydrogens (primary N) is 1. The molecule has 27 heavy (non-hydrogen) atoms. The van der Waals surface area contributed by atoms with E-state index in [1.54, 1.807) is 23.9 Å². The summed E-state index contributed by atoms with van der Waals surface area (Å²) in [4.78, 5) is 15.8. The number of hydrogen-bond acceptors (Lipinski definition) is 6. The number of nitrogens with zero attached hydrogens (tertiary/aromatic N) is 4. The molecule has 0 saturated heterocycles. The molecule has 0 atom stereocenters. The van der Waals surface area contributed by atoms with Gasteiger partial charge in [-0.2, -0.15) is 0 Å². The maximum absolute atomic E-state index is 5.72. The fraction of sp³-hybridized carbons (Fsp3) is 0.250. The average Bonchev–Trinajstić information content (AvgIpc) is 3.33. The van der Waals surface area contributed by atoms with Gasteiger partial charge in [0.15, 0.2) is 0 Å². The van der Waals surface area contributed by atoms with Crippen molar-refractivity contribution in [1.82, 2.24) is 19.5 Å². The summed E-state index contributed by atoms with van der Waals surface area (Å²) >= 11 is 1.70. The van der Waals surface area contributed by atoms with E-state index in [4.69, 9.17) is 5.73 Å². The van der Waals surface area contributed by atoms with Crippen LogP contribution in [-0.2, 0) is 26.6 Å². The average molecular weight is 379 g/mol. The molecule has 0 aliphatic rings.